The standard InChI is InChI=1S/C13H18F3N3O2/c1-3-5-6-18(4-2)12-10(17)7-9(13(14,15)16)8-11(12)19(20)21/h7-8H,3-6,17H2,1-2H3. The SMILES string of the molecule is CCCCN(CC)c1c(N)cc(C(F)(F)F)cc1[N+](=O)[O-]. The molecule has 118 valence electrons. The third-order valence-electron chi connectivity index (χ3n) is 3.12. The van der Waals surface area contributed by atoms with E-state index in [-0.39, 0.29) is 11.4 Å². The van der Waals surface area contributed by atoms with Gasteiger partial charge in [0, 0.05) is 19.2 Å². The first-order chi connectivity index (χ1) is 9.72. The summed E-state index contributed by atoms with van der Waals surface area (Å²) < 4.78 is 38.2. The Labute approximate surface area is 120 Å². The molecule has 5 nitrogen and oxygen atoms in total. The summed E-state index contributed by atoms with van der Waals surface area (Å²) in [5.41, 5.74) is 3.77. The fraction of sp³-hybridized carbons (Fsp3) is 0.538. The van der Waals surface area contributed by atoms with Crippen LogP contribution in [0.5, 0.6) is 0 Å². The van der Waals surface area contributed by atoms with Gasteiger partial charge in [0.2, 0.25) is 0 Å². The first kappa shape index (κ1) is 17.1. The molecule has 0 saturated carbocycles. The van der Waals surface area contributed by atoms with Gasteiger partial charge in [0.05, 0.1) is 16.2 Å². The summed E-state index contributed by atoms with van der Waals surface area (Å²) >= 11 is 0. The van der Waals surface area contributed by atoms with Crippen molar-refractivity contribution >= 4 is 17.1 Å². The molecule has 0 aliphatic rings. The number of alkyl halides is 3. The molecule has 0 radical (unpaired) electrons. The number of anilines is 2. The zero-order valence-electron chi connectivity index (χ0n) is 11.9. The van der Waals surface area contributed by atoms with Crippen LogP contribution in [0.15, 0.2) is 12.1 Å². The van der Waals surface area contributed by atoms with Crippen molar-refractivity contribution in [3.05, 3.63) is 27.8 Å². The van der Waals surface area contributed by atoms with Gasteiger partial charge in [-0.3, -0.25) is 10.1 Å². The van der Waals surface area contributed by atoms with E-state index in [4.69, 9.17) is 5.73 Å². The summed E-state index contributed by atoms with van der Waals surface area (Å²) in [6.07, 6.45) is -3.03. The molecule has 0 aliphatic carbocycles. The molecular formula is C13H18F3N3O2. The Morgan fingerprint density at radius 3 is 2.38 bits per heavy atom. The van der Waals surface area contributed by atoms with Gasteiger partial charge in [-0.25, -0.2) is 0 Å². The lowest BCUT2D eigenvalue weighted by Gasteiger charge is -2.24. The van der Waals surface area contributed by atoms with Crippen LogP contribution in [0.3, 0.4) is 0 Å². The molecule has 0 aromatic heterocycles. The number of nitro groups is 1. The number of hydrogen-bond donors (Lipinski definition) is 1. The number of nitrogen functional groups attached to an aromatic ring is 1. The number of nitro benzene ring substituents is 1. The number of benzene rings is 1. The van der Waals surface area contributed by atoms with Crippen molar-refractivity contribution in [2.75, 3.05) is 23.7 Å². The third kappa shape index (κ3) is 3.99. The van der Waals surface area contributed by atoms with Crippen molar-refractivity contribution in [3.63, 3.8) is 0 Å². The van der Waals surface area contributed by atoms with Gasteiger partial charge in [0.25, 0.3) is 5.69 Å². The number of rotatable bonds is 6. The van der Waals surface area contributed by atoms with Crippen LogP contribution in [0.25, 0.3) is 0 Å². The normalized spacial score (nSPS) is 11.5. The van der Waals surface area contributed by atoms with Crippen molar-refractivity contribution in [1.29, 1.82) is 0 Å². The molecule has 0 saturated heterocycles. The van der Waals surface area contributed by atoms with E-state index in [2.05, 4.69) is 0 Å². The van der Waals surface area contributed by atoms with Crippen LogP contribution in [0.1, 0.15) is 32.3 Å². The first-order valence-corrected chi connectivity index (χ1v) is 6.62. The Morgan fingerprint density at radius 2 is 1.95 bits per heavy atom. The van der Waals surface area contributed by atoms with Crippen LogP contribution >= 0.6 is 0 Å². The van der Waals surface area contributed by atoms with Gasteiger partial charge >= 0.3 is 6.18 Å². The van der Waals surface area contributed by atoms with E-state index < -0.39 is 22.4 Å². The molecule has 0 aliphatic heterocycles. The fourth-order valence-corrected chi connectivity index (χ4v) is 2.07. The molecule has 21 heavy (non-hydrogen) atoms. The molecule has 0 heterocycles. The van der Waals surface area contributed by atoms with Gasteiger partial charge in [-0.2, -0.15) is 13.2 Å². The Hall–Kier alpha value is -1.99. The Morgan fingerprint density at radius 1 is 1.33 bits per heavy atom. The molecule has 1 rings (SSSR count). The average Bonchev–Trinajstić information content (AvgIpc) is 2.39. The molecule has 0 amide bonds. The largest absolute Gasteiger partial charge is 0.416 e. The van der Waals surface area contributed by atoms with Crippen LogP contribution < -0.4 is 10.6 Å². The smallest absolute Gasteiger partial charge is 0.397 e. The number of halogens is 3. The van der Waals surface area contributed by atoms with Gasteiger partial charge in [0.15, 0.2) is 0 Å². The molecule has 0 unspecified atom stereocenters. The zero-order valence-corrected chi connectivity index (χ0v) is 11.9. The predicted molar refractivity (Wildman–Crippen MR) is 75.3 cm³/mol. The summed E-state index contributed by atoms with van der Waals surface area (Å²) in [6, 6.07) is 1.29. The van der Waals surface area contributed by atoms with Gasteiger partial charge in [-0.05, 0) is 19.4 Å². The molecule has 0 bridgehead atoms. The predicted octanol–water partition coefficient (Wildman–Crippen LogP) is 3.82. The van der Waals surface area contributed by atoms with Gasteiger partial charge in [-0.1, -0.05) is 13.3 Å². The molecule has 1 aromatic carbocycles. The zero-order chi connectivity index (χ0) is 16.2. The average molecular weight is 305 g/mol. The minimum absolute atomic E-state index is 0.0592. The summed E-state index contributed by atoms with van der Waals surface area (Å²) in [5.74, 6) is 0. The molecule has 0 atom stereocenters. The minimum atomic E-state index is -4.67. The monoisotopic (exact) mass is 305 g/mol. The van der Waals surface area contributed by atoms with Crippen LogP contribution in [-0.4, -0.2) is 18.0 Å². The highest BCUT2D eigenvalue weighted by Crippen LogP contribution is 2.40. The maximum absolute atomic E-state index is 12.7. The second-order valence-electron chi connectivity index (χ2n) is 4.62. The van der Waals surface area contributed by atoms with E-state index in [1.54, 1.807) is 11.8 Å². The molecule has 2 N–H and O–H groups in total. The van der Waals surface area contributed by atoms with Crippen LogP contribution in [-0.2, 0) is 6.18 Å². The Balaban J connectivity index is 3.40. The lowest BCUT2D eigenvalue weighted by atomic mass is 10.1. The summed E-state index contributed by atoms with van der Waals surface area (Å²) in [6.45, 7) is 4.66. The van der Waals surface area contributed by atoms with E-state index in [9.17, 15) is 23.3 Å². The second kappa shape index (κ2) is 6.64. The molecule has 0 spiro atoms. The van der Waals surface area contributed by atoms with Gasteiger partial charge in [-0.15, -0.1) is 0 Å². The summed E-state index contributed by atoms with van der Waals surface area (Å²) in [4.78, 5) is 11.9. The number of nitrogens with two attached hydrogens (primary N) is 1. The van der Waals surface area contributed by atoms with E-state index in [1.165, 1.54) is 0 Å². The van der Waals surface area contributed by atoms with Gasteiger partial charge in [0.1, 0.15) is 5.69 Å². The highest BCUT2D eigenvalue weighted by atomic mass is 19.4. The van der Waals surface area contributed by atoms with Gasteiger partial charge < -0.3 is 10.6 Å². The fourth-order valence-electron chi connectivity index (χ4n) is 2.07. The van der Waals surface area contributed by atoms with E-state index >= 15 is 0 Å². The van der Waals surface area contributed by atoms with Crippen molar-refractivity contribution in [2.24, 2.45) is 0 Å². The Kier molecular flexibility index (Phi) is 5.40. The van der Waals surface area contributed by atoms with E-state index in [0.717, 1.165) is 18.9 Å². The van der Waals surface area contributed by atoms with Crippen LogP contribution in [0.4, 0.5) is 30.2 Å². The van der Waals surface area contributed by atoms with Crippen molar-refractivity contribution in [2.45, 2.75) is 32.9 Å². The lowest BCUT2D eigenvalue weighted by molar-refractivity contribution is -0.384. The molecular weight excluding hydrogens is 287 g/mol. The lowest BCUT2D eigenvalue weighted by Crippen LogP contribution is -2.26. The highest BCUT2D eigenvalue weighted by Gasteiger charge is 2.35. The van der Waals surface area contributed by atoms with Crippen molar-refractivity contribution in [1.82, 2.24) is 0 Å². The minimum Gasteiger partial charge on any atom is -0.397 e. The topological polar surface area (TPSA) is 72.4 Å². The number of nitrogens with zero attached hydrogens (tertiary/aromatic N) is 2. The number of hydrogen-bond acceptors (Lipinski definition) is 4. The third-order valence-corrected chi connectivity index (χ3v) is 3.12. The van der Waals surface area contributed by atoms with Crippen LogP contribution in [0, 0.1) is 10.1 Å². The summed E-state index contributed by atoms with van der Waals surface area (Å²) in [7, 11) is 0. The Bertz CT molecular complexity index is 518. The van der Waals surface area contributed by atoms with E-state index in [1.807, 2.05) is 6.92 Å². The summed E-state index contributed by atoms with van der Waals surface area (Å²) in [5, 5.41) is 11.1. The van der Waals surface area contributed by atoms with Crippen molar-refractivity contribution in [3.8, 4) is 0 Å². The maximum Gasteiger partial charge on any atom is 0.416 e. The van der Waals surface area contributed by atoms with Crippen molar-refractivity contribution < 1.29 is 18.1 Å². The second-order valence-corrected chi connectivity index (χ2v) is 4.62. The highest BCUT2D eigenvalue weighted by molar-refractivity contribution is 5.79. The quantitative estimate of drug-likeness (QED) is 0.492. The maximum atomic E-state index is 12.7. The molecule has 1 aromatic rings. The van der Waals surface area contributed by atoms with E-state index in [0.29, 0.717) is 19.2 Å². The molecule has 8 heteroatoms. The first-order valence-electron chi connectivity index (χ1n) is 6.62. The number of unbranched alkanes of at least 4 members (excludes halogenated alkanes) is 1. The molecule has 0 fully saturated rings. The van der Waals surface area contributed by atoms with Crippen LogP contribution in [0.2, 0.25) is 0 Å².